The fourth-order valence-electron chi connectivity index (χ4n) is 2.99. The summed E-state index contributed by atoms with van der Waals surface area (Å²) < 4.78 is 5.18. The molecule has 0 saturated carbocycles. The van der Waals surface area contributed by atoms with Crippen LogP contribution in [0.25, 0.3) is 11.3 Å². The minimum atomic E-state index is -1.12. The Kier molecular flexibility index (Phi) is 7.47. The van der Waals surface area contributed by atoms with Gasteiger partial charge < -0.3 is 15.2 Å². The number of methoxy groups -OCH3 is 1. The first-order valence-electron chi connectivity index (χ1n) is 9.82. The maximum atomic E-state index is 12.9. The van der Waals surface area contributed by atoms with E-state index in [4.69, 9.17) is 4.74 Å². The molecule has 8 heteroatoms. The molecule has 0 bridgehead atoms. The zero-order chi connectivity index (χ0) is 23.1. The van der Waals surface area contributed by atoms with E-state index in [1.165, 1.54) is 17.8 Å². The molecule has 0 spiro atoms. The maximum absolute atomic E-state index is 12.9. The first kappa shape index (κ1) is 22.8. The largest absolute Gasteiger partial charge is 0.497 e. The van der Waals surface area contributed by atoms with Gasteiger partial charge in [-0.2, -0.15) is 5.26 Å². The summed E-state index contributed by atoms with van der Waals surface area (Å²) in [7, 11) is 1.59. The Labute approximate surface area is 190 Å². The second-order valence-corrected chi connectivity index (χ2v) is 7.94. The molecule has 162 valence electrons. The lowest BCUT2D eigenvalue weighted by Gasteiger charge is -2.16. The van der Waals surface area contributed by atoms with Crippen molar-refractivity contribution in [3.8, 4) is 23.1 Å². The van der Waals surface area contributed by atoms with Crippen LogP contribution in [0.5, 0.6) is 5.75 Å². The van der Waals surface area contributed by atoms with Crippen molar-refractivity contribution in [2.75, 3.05) is 12.4 Å². The normalized spacial score (nSPS) is 11.3. The minimum absolute atomic E-state index is 0.0121. The van der Waals surface area contributed by atoms with Gasteiger partial charge in [-0.25, -0.2) is 9.78 Å². The van der Waals surface area contributed by atoms with Crippen molar-refractivity contribution >= 4 is 29.3 Å². The second-order valence-electron chi connectivity index (χ2n) is 6.74. The highest BCUT2D eigenvalue weighted by molar-refractivity contribution is 8.00. The number of aromatic nitrogens is 1. The number of carboxylic acid groups (broad SMARTS) is 1. The summed E-state index contributed by atoms with van der Waals surface area (Å²) in [5.74, 6) is -0.754. The maximum Gasteiger partial charge on any atom is 0.337 e. The molecule has 1 atom stereocenters. The fourth-order valence-corrected chi connectivity index (χ4v) is 3.98. The van der Waals surface area contributed by atoms with E-state index in [0.717, 1.165) is 11.3 Å². The van der Waals surface area contributed by atoms with Gasteiger partial charge in [0.1, 0.15) is 16.8 Å². The number of benzene rings is 2. The van der Waals surface area contributed by atoms with Crippen molar-refractivity contribution in [3.63, 3.8) is 0 Å². The lowest BCUT2D eigenvalue weighted by molar-refractivity contribution is -0.115. The number of nitrogens with zero attached hydrogens (tertiary/aromatic N) is 2. The van der Waals surface area contributed by atoms with Crippen LogP contribution in [-0.2, 0) is 4.79 Å². The van der Waals surface area contributed by atoms with Crippen LogP contribution in [-0.4, -0.2) is 34.3 Å². The summed E-state index contributed by atoms with van der Waals surface area (Å²) in [6.45, 7) is 1.85. The van der Waals surface area contributed by atoms with Crippen molar-refractivity contribution < 1.29 is 19.4 Å². The predicted octanol–water partition coefficient (Wildman–Crippen LogP) is 4.84. The zero-order valence-electron chi connectivity index (χ0n) is 17.5. The van der Waals surface area contributed by atoms with Crippen molar-refractivity contribution in [3.05, 3.63) is 71.8 Å². The van der Waals surface area contributed by atoms with Crippen molar-refractivity contribution in [2.45, 2.75) is 23.6 Å². The third-order valence-corrected chi connectivity index (χ3v) is 6.07. The van der Waals surface area contributed by atoms with E-state index in [9.17, 15) is 20.0 Å². The van der Waals surface area contributed by atoms with Gasteiger partial charge in [0.25, 0.3) is 0 Å². The van der Waals surface area contributed by atoms with Crippen LogP contribution >= 0.6 is 11.8 Å². The number of ether oxygens (including phenoxy) is 1. The number of pyridine rings is 1. The third kappa shape index (κ3) is 5.25. The number of aromatic carboxylic acids is 1. The SMILES string of the molecule is CCC(Sc1nc(-c2ccc(OC)cc2)ccc1C#N)C(=O)Nc1ccccc1C(=O)O. The molecule has 3 rings (SSSR count). The third-order valence-electron chi connectivity index (χ3n) is 4.70. The van der Waals surface area contributed by atoms with Gasteiger partial charge in [0, 0.05) is 5.56 Å². The van der Waals surface area contributed by atoms with Gasteiger partial charge in [0.2, 0.25) is 5.91 Å². The number of carbonyl (C=O) groups excluding carboxylic acids is 1. The van der Waals surface area contributed by atoms with Gasteiger partial charge >= 0.3 is 5.97 Å². The van der Waals surface area contributed by atoms with E-state index < -0.39 is 11.2 Å². The summed E-state index contributed by atoms with van der Waals surface area (Å²) in [6, 6.07) is 19.2. The Morgan fingerprint density at radius 2 is 1.88 bits per heavy atom. The Hall–Kier alpha value is -3.83. The molecular formula is C24H21N3O4S. The molecule has 1 heterocycles. The van der Waals surface area contributed by atoms with Gasteiger partial charge in [-0.3, -0.25) is 4.79 Å². The summed E-state index contributed by atoms with van der Waals surface area (Å²) in [5.41, 5.74) is 2.12. The topological polar surface area (TPSA) is 112 Å². The van der Waals surface area contributed by atoms with Crippen LogP contribution < -0.4 is 10.1 Å². The molecular weight excluding hydrogens is 426 g/mol. The number of amides is 1. The smallest absolute Gasteiger partial charge is 0.337 e. The molecule has 1 amide bonds. The van der Waals surface area contributed by atoms with Crippen molar-refractivity contribution in [1.29, 1.82) is 5.26 Å². The number of para-hydroxylation sites is 1. The zero-order valence-corrected chi connectivity index (χ0v) is 18.3. The van der Waals surface area contributed by atoms with Gasteiger partial charge in [-0.1, -0.05) is 30.8 Å². The van der Waals surface area contributed by atoms with Gasteiger partial charge in [-0.05, 0) is 55.0 Å². The Morgan fingerprint density at radius 1 is 1.16 bits per heavy atom. The van der Waals surface area contributed by atoms with E-state index in [1.54, 1.807) is 37.4 Å². The fraction of sp³-hybridized carbons (Fsp3) is 0.167. The number of nitrogens with one attached hydrogen (secondary N) is 1. The highest BCUT2D eigenvalue weighted by Crippen LogP contribution is 2.31. The molecule has 2 N–H and O–H groups in total. The summed E-state index contributed by atoms with van der Waals surface area (Å²) >= 11 is 1.18. The van der Waals surface area contributed by atoms with Crippen LogP contribution in [0.2, 0.25) is 0 Å². The molecule has 0 saturated heterocycles. The van der Waals surface area contributed by atoms with E-state index in [-0.39, 0.29) is 17.2 Å². The lowest BCUT2D eigenvalue weighted by Crippen LogP contribution is -2.25. The number of hydrogen-bond donors (Lipinski definition) is 2. The molecule has 1 unspecified atom stereocenters. The molecule has 0 aliphatic heterocycles. The Morgan fingerprint density at radius 3 is 2.50 bits per heavy atom. The molecule has 3 aromatic rings. The molecule has 1 aromatic heterocycles. The van der Waals surface area contributed by atoms with Crippen LogP contribution in [0, 0.1) is 11.3 Å². The molecule has 0 radical (unpaired) electrons. The average molecular weight is 448 g/mol. The van der Waals surface area contributed by atoms with E-state index in [2.05, 4.69) is 16.4 Å². The molecule has 7 nitrogen and oxygen atoms in total. The Balaban J connectivity index is 1.85. The van der Waals surface area contributed by atoms with Gasteiger partial charge in [0.15, 0.2) is 0 Å². The van der Waals surface area contributed by atoms with Crippen LogP contribution in [0.1, 0.15) is 29.3 Å². The summed E-state index contributed by atoms with van der Waals surface area (Å²) in [5, 5.41) is 21.4. The summed E-state index contributed by atoms with van der Waals surface area (Å²) in [4.78, 5) is 28.9. The number of carbonyl (C=O) groups is 2. The van der Waals surface area contributed by atoms with E-state index in [0.29, 0.717) is 22.7 Å². The Bertz CT molecular complexity index is 1170. The van der Waals surface area contributed by atoms with Crippen LogP contribution in [0.15, 0.2) is 65.7 Å². The van der Waals surface area contributed by atoms with E-state index in [1.807, 2.05) is 31.2 Å². The van der Waals surface area contributed by atoms with Crippen molar-refractivity contribution in [1.82, 2.24) is 4.98 Å². The second kappa shape index (κ2) is 10.5. The number of thioether (sulfide) groups is 1. The number of nitriles is 1. The lowest BCUT2D eigenvalue weighted by atomic mass is 10.1. The molecule has 32 heavy (non-hydrogen) atoms. The quantitative estimate of drug-likeness (QED) is 0.475. The highest BCUT2D eigenvalue weighted by atomic mass is 32.2. The number of anilines is 1. The van der Waals surface area contributed by atoms with Gasteiger partial charge in [-0.15, -0.1) is 0 Å². The van der Waals surface area contributed by atoms with Crippen LogP contribution in [0.3, 0.4) is 0 Å². The van der Waals surface area contributed by atoms with Crippen LogP contribution in [0.4, 0.5) is 5.69 Å². The molecule has 0 fully saturated rings. The molecule has 0 aliphatic carbocycles. The van der Waals surface area contributed by atoms with E-state index >= 15 is 0 Å². The van der Waals surface area contributed by atoms with Gasteiger partial charge in [0.05, 0.1) is 34.9 Å². The monoisotopic (exact) mass is 447 g/mol. The number of rotatable bonds is 8. The standard InChI is InChI=1S/C24H21N3O4S/c1-3-21(22(28)26-20-7-5-4-6-18(20)24(29)30)32-23-16(14-25)10-13-19(27-23)15-8-11-17(31-2)12-9-15/h4-13,21H,3H2,1-2H3,(H,26,28)(H,29,30). The summed E-state index contributed by atoms with van der Waals surface area (Å²) in [6.07, 6.45) is 0.463. The number of hydrogen-bond acceptors (Lipinski definition) is 6. The molecule has 0 aliphatic rings. The molecule has 2 aromatic carbocycles. The minimum Gasteiger partial charge on any atom is -0.497 e. The predicted molar refractivity (Wildman–Crippen MR) is 123 cm³/mol. The number of carboxylic acids is 1. The highest BCUT2D eigenvalue weighted by Gasteiger charge is 2.22. The first-order chi connectivity index (χ1) is 15.5. The first-order valence-corrected chi connectivity index (χ1v) is 10.7. The van der Waals surface area contributed by atoms with Crippen molar-refractivity contribution in [2.24, 2.45) is 0 Å². The average Bonchev–Trinajstić information content (AvgIpc) is 2.82.